The molecule has 0 saturated carbocycles. The SMILES string of the molecule is CC1CC(c2ccccc2)CN1CCCn1ccnc1. The molecule has 1 aromatic heterocycles. The van der Waals surface area contributed by atoms with Gasteiger partial charge in [0.05, 0.1) is 6.33 Å². The van der Waals surface area contributed by atoms with E-state index in [1.165, 1.54) is 31.5 Å². The molecule has 1 aliphatic rings. The highest BCUT2D eigenvalue weighted by atomic mass is 15.2. The predicted octanol–water partition coefficient (Wildman–Crippen LogP) is 3.15. The zero-order valence-corrected chi connectivity index (χ0v) is 12.2. The summed E-state index contributed by atoms with van der Waals surface area (Å²) in [6.45, 7) is 5.82. The summed E-state index contributed by atoms with van der Waals surface area (Å²) in [6, 6.07) is 11.6. The molecule has 1 fully saturated rings. The Labute approximate surface area is 121 Å². The minimum Gasteiger partial charge on any atom is -0.337 e. The van der Waals surface area contributed by atoms with E-state index in [1.54, 1.807) is 0 Å². The van der Waals surface area contributed by atoms with E-state index >= 15 is 0 Å². The highest BCUT2D eigenvalue weighted by Crippen LogP contribution is 2.31. The summed E-state index contributed by atoms with van der Waals surface area (Å²) in [4.78, 5) is 6.72. The molecule has 0 N–H and O–H groups in total. The molecule has 0 spiro atoms. The third-order valence-corrected chi connectivity index (χ3v) is 4.40. The number of aromatic nitrogens is 2. The molecule has 1 aliphatic heterocycles. The number of imidazole rings is 1. The van der Waals surface area contributed by atoms with Crippen molar-refractivity contribution in [3.05, 3.63) is 54.6 Å². The monoisotopic (exact) mass is 269 g/mol. The Morgan fingerprint density at radius 1 is 1.20 bits per heavy atom. The zero-order valence-electron chi connectivity index (χ0n) is 12.2. The molecule has 2 heterocycles. The minimum atomic E-state index is 0.697. The van der Waals surface area contributed by atoms with Crippen LogP contribution in [-0.4, -0.2) is 33.6 Å². The zero-order chi connectivity index (χ0) is 13.8. The van der Waals surface area contributed by atoms with Crippen LogP contribution in [0, 0.1) is 0 Å². The highest BCUT2D eigenvalue weighted by Gasteiger charge is 2.29. The van der Waals surface area contributed by atoms with E-state index in [0.29, 0.717) is 12.0 Å². The molecule has 1 aromatic carbocycles. The van der Waals surface area contributed by atoms with E-state index in [9.17, 15) is 0 Å². The standard InChI is InChI=1S/C17H23N3/c1-15-12-17(16-6-3-2-4-7-16)13-20(15)10-5-9-19-11-8-18-14-19/h2-4,6-8,11,14-15,17H,5,9-10,12-13H2,1H3. The summed E-state index contributed by atoms with van der Waals surface area (Å²) in [5.41, 5.74) is 1.50. The first kappa shape index (κ1) is 13.4. The number of likely N-dealkylation sites (tertiary alicyclic amines) is 1. The lowest BCUT2D eigenvalue weighted by molar-refractivity contribution is 0.259. The van der Waals surface area contributed by atoms with Crippen molar-refractivity contribution in [2.75, 3.05) is 13.1 Å². The van der Waals surface area contributed by atoms with Crippen LogP contribution in [0.25, 0.3) is 0 Å². The predicted molar refractivity (Wildman–Crippen MR) is 81.7 cm³/mol. The summed E-state index contributed by atoms with van der Waals surface area (Å²) in [5, 5.41) is 0. The Morgan fingerprint density at radius 3 is 2.80 bits per heavy atom. The molecule has 2 unspecified atom stereocenters. The number of aryl methyl sites for hydroxylation is 1. The summed E-state index contributed by atoms with van der Waals surface area (Å²) in [5.74, 6) is 0.708. The van der Waals surface area contributed by atoms with Gasteiger partial charge in [-0.3, -0.25) is 4.90 Å². The number of nitrogens with zero attached hydrogens (tertiary/aromatic N) is 3. The molecule has 3 rings (SSSR count). The van der Waals surface area contributed by atoms with Crippen molar-refractivity contribution in [2.24, 2.45) is 0 Å². The first-order chi connectivity index (χ1) is 9.83. The van der Waals surface area contributed by atoms with Crippen LogP contribution in [0.1, 0.15) is 31.2 Å². The largest absolute Gasteiger partial charge is 0.337 e. The molecule has 1 saturated heterocycles. The van der Waals surface area contributed by atoms with Crippen molar-refractivity contribution in [1.29, 1.82) is 0 Å². The van der Waals surface area contributed by atoms with Crippen LogP contribution in [0.4, 0.5) is 0 Å². The topological polar surface area (TPSA) is 21.1 Å². The number of hydrogen-bond donors (Lipinski definition) is 0. The summed E-state index contributed by atoms with van der Waals surface area (Å²) >= 11 is 0. The van der Waals surface area contributed by atoms with Crippen molar-refractivity contribution in [1.82, 2.24) is 14.5 Å². The molecule has 106 valence electrons. The Bertz CT molecular complexity index is 506. The number of hydrogen-bond acceptors (Lipinski definition) is 2. The van der Waals surface area contributed by atoms with Gasteiger partial charge in [0.1, 0.15) is 0 Å². The maximum absolute atomic E-state index is 4.09. The first-order valence-corrected chi connectivity index (χ1v) is 7.57. The van der Waals surface area contributed by atoms with E-state index in [-0.39, 0.29) is 0 Å². The van der Waals surface area contributed by atoms with Crippen LogP contribution in [0.5, 0.6) is 0 Å². The Kier molecular flexibility index (Phi) is 4.16. The second-order valence-corrected chi connectivity index (χ2v) is 5.84. The second kappa shape index (κ2) is 6.23. The fraction of sp³-hybridized carbons (Fsp3) is 0.471. The van der Waals surface area contributed by atoms with Crippen LogP contribution >= 0.6 is 0 Å². The molecule has 3 heteroatoms. The van der Waals surface area contributed by atoms with Gasteiger partial charge < -0.3 is 4.57 Å². The van der Waals surface area contributed by atoms with Gasteiger partial charge in [-0.05, 0) is 31.2 Å². The van der Waals surface area contributed by atoms with E-state index in [1.807, 2.05) is 18.7 Å². The van der Waals surface area contributed by atoms with Crippen molar-refractivity contribution in [3.63, 3.8) is 0 Å². The third kappa shape index (κ3) is 3.10. The van der Waals surface area contributed by atoms with E-state index in [0.717, 1.165) is 6.54 Å². The average Bonchev–Trinajstić information content (AvgIpc) is 3.11. The normalized spacial score (nSPS) is 23.2. The molecule has 3 nitrogen and oxygen atoms in total. The smallest absolute Gasteiger partial charge is 0.0945 e. The van der Waals surface area contributed by atoms with Gasteiger partial charge >= 0.3 is 0 Å². The van der Waals surface area contributed by atoms with Crippen molar-refractivity contribution >= 4 is 0 Å². The molecule has 2 aromatic rings. The van der Waals surface area contributed by atoms with Gasteiger partial charge in [-0.25, -0.2) is 4.98 Å². The lowest BCUT2D eigenvalue weighted by atomic mass is 9.97. The van der Waals surface area contributed by atoms with Crippen LogP contribution in [0.15, 0.2) is 49.1 Å². The van der Waals surface area contributed by atoms with Crippen molar-refractivity contribution in [3.8, 4) is 0 Å². The molecular formula is C17H23N3. The molecule has 0 radical (unpaired) electrons. The van der Waals surface area contributed by atoms with Gasteiger partial charge in [0.25, 0.3) is 0 Å². The van der Waals surface area contributed by atoms with Crippen molar-refractivity contribution < 1.29 is 0 Å². The quantitative estimate of drug-likeness (QED) is 0.831. The van der Waals surface area contributed by atoms with Crippen molar-refractivity contribution in [2.45, 2.75) is 38.3 Å². The maximum atomic E-state index is 4.09. The minimum absolute atomic E-state index is 0.697. The molecule has 2 atom stereocenters. The number of rotatable bonds is 5. The summed E-state index contributed by atoms with van der Waals surface area (Å²) in [7, 11) is 0. The van der Waals surface area contributed by atoms with Gasteiger partial charge in [0, 0.05) is 38.1 Å². The van der Waals surface area contributed by atoms with Gasteiger partial charge in [-0.1, -0.05) is 30.3 Å². The lowest BCUT2D eigenvalue weighted by Gasteiger charge is -2.20. The summed E-state index contributed by atoms with van der Waals surface area (Å²) < 4.78 is 2.16. The first-order valence-electron chi connectivity index (χ1n) is 7.57. The fourth-order valence-electron chi connectivity index (χ4n) is 3.25. The lowest BCUT2D eigenvalue weighted by Crippen LogP contribution is -2.28. The highest BCUT2D eigenvalue weighted by molar-refractivity contribution is 5.21. The van der Waals surface area contributed by atoms with Crippen LogP contribution in [-0.2, 0) is 6.54 Å². The van der Waals surface area contributed by atoms with Gasteiger partial charge in [0.15, 0.2) is 0 Å². The molecule has 0 bridgehead atoms. The van der Waals surface area contributed by atoms with Gasteiger partial charge in [-0.2, -0.15) is 0 Å². The maximum Gasteiger partial charge on any atom is 0.0945 e. The Hall–Kier alpha value is -1.61. The molecule has 0 amide bonds. The second-order valence-electron chi connectivity index (χ2n) is 5.84. The van der Waals surface area contributed by atoms with E-state index in [4.69, 9.17) is 0 Å². The van der Waals surface area contributed by atoms with E-state index < -0.39 is 0 Å². The fourth-order valence-corrected chi connectivity index (χ4v) is 3.25. The molecule has 20 heavy (non-hydrogen) atoms. The van der Waals surface area contributed by atoms with E-state index in [2.05, 4.69) is 51.7 Å². The van der Waals surface area contributed by atoms with Gasteiger partial charge in [0.2, 0.25) is 0 Å². The third-order valence-electron chi connectivity index (χ3n) is 4.40. The van der Waals surface area contributed by atoms with Crippen LogP contribution in [0.3, 0.4) is 0 Å². The summed E-state index contributed by atoms with van der Waals surface area (Å²) in [6.07, 6.45) is 8.28. The molecular weight excluding hydrogens is 246 g/mol. The van der Waals surface area contributed by atoms with Gasteiger partial charge in [-0.15, -0.1) is 0 Å². The average molecular weight is 269 g/mol. The Morgan fingerprint density at radius 2 is 2.05 bits per heavy atom. The Balaban J connectivity index is 1.51. The molecule has 0 aliphatic carbocycles. The van der Waals surface area contributed by atoms with Crippen LogP contribution < -0.4 is 0 Å². The van der Waals surface area contributed by atoms with Crippen LogP contribution in [0.2, 0.25) is 0 Å². The number of benzene rings is 1.